The van der Waals surface area contributed by atoms with Crippen LogP contribution in [-0.4, -0.2) is 80.9 Å². The molecular weight excluding hydrogens is 720 g/mol. The monoisotopic (exact) mass is 758 g/mol. The quantitative estimate of drug-likeness (QED) is 0.169. The molecule has 0 fully saturated rings. The molecule has 0 radical (unpaired) electrons. The summed E-state index contributed by atoms with van der Waals surface area (Å²) < 4.78 is 10.4. The Morgan fingerprint density at radius 1 is 0.571 bits per heavy atom. The van der Waals surface area contributed by atoms with Crippen molar-refractivity contribution in [1.82, 2.24) is 0 Å². The van der Waals surface area contributed by atoms with Gasteiger partial charge in [-0.05, 0) is 96.2 Å². The minimum Gasteiger partial charge on any atom is -0.507 e. The first-order chi connectivity index (χ1) is 26.6. The number of methoxy groups -OCH3 is 2. The van der Waals surface area contributed by atoms with E-state index < -0.39 is 69.9 Å². The number of esters is 2. The number of ether oxygens (including phenoxy) is 2. The van der Waals surface area contributed by atoms with Gasteiger partial charge in [0.05, 0.1) is 36.5 Å². The fraction of sp³-hybridized carbons (Fsp3) is 0.318. The van der Waals surface area contributed by atoms with Gasteiger partial charge in [-0.3, -0.25) is 28.8 Å². The van der Waals surface area contributed by atoms with Gasteiger partial charge < -0.3 is 29.9 Å². The van der Waals surface area contributed by atoms with Gasteiger partial charge in [-0.25, -0.2) is 0 Å². The summed E-state index contributed by atoms with van der Waals surface area (Å²) in [5.41, 5.74) is -2.88. The molecule has 0 heterocycles. The van der Waals surface area contributed by atoms with Gasteiger partial charge >= 0.3 is 11.9 Å². The molecule has 0 aromatic heterocycles. The molecule has 0 spiro atoms. The van der Waals surface area contributed by atoms with E-state index in [1.165, 1.54) is 74.9 Å². The SMILES string of the molecule is CCC1(O)CC(C2CC(O)(CC)C(C(=O)OC)c3cc4c(cc32)C(=O)c2c(O)cccc2C4=O)c2cc3c(cc2C1C(=O)OC)C(=O)c1cccc(O)c1C3=O. The molecule has 0 aliphatic heterocycles. The van der Waals surface area contributed by atoms with Crippen molar-refractivity contribution < 1.29 is 58.7 Å². The van der Waals surface area contributed by atoms with Gasteiger partial charge in [-0.15, -0.1) is 0 Å². The fourth-order valence-electron chi connectivity index (χ4n) is 9.79. The summed E-state index contributed by atoms with van der Waals surface area (Å²) >= 11 is 0. The first kappa shape index (κ1) is 37.0. The van der Waals surface area contributed by atoms with Crippen molar-refractivity contribution in [2.75, 3.05) is 14.2 Å². The van der Waals surface area contributed by atoms with Crippen LogP contribution in [0.1, 0.15) is 149 Å². The maximum Gasteiger partial charge on any atom is 0.316 e. The molecule has 0 saturated carbocycles. The Balaban J connectivity index is 1.41. The van der Waals surface area contributed by atoms with Crippen LogP contribution >= 0.6 is 0 Å². The van der Waals surface area contributed by atoms with E-state index in [2.05, 4.69) is 0 Å². The normalized spacial score (nSPS) is 25.9. The lowest BCUT2D eigenvalue weighted by atomic mass is 9.56. The highest BCUT2D eigenvalue weighted by Crippen LogP contribution is 2.59. The molecule has 286 valence electrons. The van der Waals surface area contributed by atoms with Gasteiger partial charge in [0, 0.05) is 33.4 Å². The Hall–Kier alpha value is -5.98. The molecule has 0 amide bonds. The van der Waals surface area contributed by atoms with Gasteiger partial charge in [-0.2, -0.15) is 0 Å². The molecule has 6 atom stereocenters. The standard InChI is InChI=1S/C44H38O12/c1-5-43(53)17-29(21-13-27-25(15-23(21)35(43)41(51)55-3)37(47)19-9-7-11-31(45)33(19)39(27)49)30-18-44(54,6-2)36(42(52)56-4)24-16-26-28(14-22(24)30)40(50)34-20(38(26)48)10-8-12-32(34)46/h7-16,29-30,35-36,45-46,53-54H,5-6,17-18H2,1-4H3. The summed E-state index contributed by atoms with van der Waals surface area (Å²) in [5.74, 6) is -8.99. The van der Waals surface area contributed by atoms with E-state index in [1.54, 1.807) is 13.8 Å². The number of hydrogen-bond donors (Lipinski definition) is 4. The minimum absolute atomic E-state index is 0.0187. The molecule has 4 aliphatic rings. The van der Waals surface area contributed by atoms with E-state index in [1.807, 2.05) is 0 Å². The summed E-state index contributed by atoms with van der Waals surface area (Å²) in [6, 6.07) is 14.2. The number of hydrogen-bond acceptors (Lipinski definition) is 12. The predicted octanol–water partition coefficient (Wildman–Crippen LogP) is 5.12. The van der Waals surface area contributed by atoms with E-state index in [-0.39, 0.29) is 92.8 Å². The summed E-state index contributed by atoms with van der Waals surface area (Å²) in [6.07, 6.45) is -0.170. The molecule has 0 bridgehead atoms. The average Bonchev–Trinajstić information content (AvgIpc) is 3.19. The number of carbonyl (C=O) groups is 6. The van der Waals surface area contributed by atoms with E-state index in [4.69, 9.17) is 9.47 Å². The number of fused-ring (bicyclic) bond motifs is 6. The van der Waals surface area contributed by atoms with Crippen molar-refractivity contribution in [2.24, 2.45) is 0 Å². The smallest absolute Gasteiger partial charge is 0.316 e. The zero-order chi connectivity index (χ0) is 40.2. The highest BCUT2D eigenvalue weighted by atomic mass is 16.5. The molecule has 56 heavy (non-hydrogen) atoms. The largest absolute Gasteiger partial charge is 0.507 e. The molecule has 6 unspecified atom stereocenters. The third kappa shape index (κ3) is 4.98. The molecule has 4 aromatic carbocycles. The summed E-state index contributed by atoms with van der Waals surface area (Å²) in [6.45, 7) is 3.39. The van der Waals surface area contributed by atoms with Gasteiger partial charge in [-0.1, -0.05) is 38.1 Å². The van der Waals surface area contributed by atoms with E-state index in [9.17, 15) is 49.2 Å². The van der Waals surface area contributed by atoms with Crippen LogP contribution in [0.4, 0.5) is 0 Å². The highest BCUT2D eigenvalue weighted by Gasteiger charge is 2.56. The second kappa shape index (κ2) is 12.8. The van der Waals surface area contributed by atoms with Crippen molar-refractivity contribution in [3.05, 3.63) is 127 Å². The van der Waals surface area contributed by atoms with Crippen molar-refractivity contribution in [3.8, 4) is 11.5 Å². The van der Waals surface area contributed by atoms with Crippen LogP contribution in [0.5, 0.6) is 11.5 Å². The third-order valence-electron chi connectivity index (χ3n) is 12.7. The number of aromatic hydroxyl groups is 2. The van der Waals surface area contributed by atoms with Crippen LogP contribution in [0, 0.1) is 0 Å². The second-order valence-electron chi connectivity index (χ2n) is 15.2. The Kier molecular flexibility index (Phi) is 8.44. The second-order valence-corrected chi connectivity index (χ2v) is 15.2. The van der Waals surface area contributed by atoms with E-state index in [0.717, 1.165) is 0 Å². The number of aliphatic hydroxyl groups is 2. The van der Waals surface area contributed by atoms with Crippen LogP contribution < -0.4 is 0 Å². The lowest BCUT2D eigenvalue weighted by Gasteiger charge is -2.50. The van der Waals surface area contributed by atoms with Crippen molar-refractivity contribution >= 4 is 35.1 Å². The zero-order valence-corrected chi connectivity index (χ0v) is 31.0. The summed E-state index contributed by atoms with van der Waals surface area (Å²) in [7, 11) is 2.36. The summed E-state index contributed by atoms with van der Waals surface area (Å²) in [5, 5.41) is 46.4. The Morgan fingerprint density at radius 2 is 0.911 bits per heavy atom. The minimum atomic E-state index is -1.79. The Morgan fingerprint density at radius 3 is 1.25 bits per heavy atom. The number of phenols is 2. The van der Waals surface area contributed by atoms with Crippen molar-refractivity contribution in [1.29, 1.82) is 0 Å². The molecule has 12 heteroatoms. The van der Waals surface area contributed by atoms with Crippen molar-refractivity contribution in [3.63, 3.8) is 0 Å². The lowest BCUT2D eigenvalue weighted by Crippen LogP contribution is -2.50. The highest BCUT2D eigenvalue weighted by molar-refractivity contribution is 6.30. The van der Waals surface area contributed by atoms with E-state index >= 15 is 0 Å². The molecular formula is C44H38O12. The molecule has 4 aromatic rings. The molecule has 0 saturated heterocycles. The average molecular weight is 759 g/mol. The van der Waals surface area contributed by atoms with Crippen LogP contribution in [0.2, 0.25) is 0 Å². The maximum absolute atomic E-state index is 14.1. The van der Waals surface area contributed by atoms with Gasteiger partial charge in [0.1, 0.15) is 23.3 Å². The van der Waals surface area contributed by atoms with Gasteiger partial charge in [0.15, 0.2) is 23.1 Å². The van der Waals surface area contributed by atoms with Gasteiger partial charge in [0.25, 0.3) is 0 Å². The van der Waals surface area contributed by atoms with Crippen LogP contribution in [0.3, 0.4) is 0 Å². The first-order valence-electron chi connectivity index (χ1n) is 18.4. The first-order valence-corrected chi connectivity index (χ1v) is 18.4. The fourth-order valence-corrected chi connectivity index (χ4v) is 9.79. The molecule has 12 nitrogen and oxygen atoms in total. The predicted molar refractivity (Wildman–Crippen MR) is 198 cm³/mol. The van der Waals surface area contributed by atoms with E-state index in [0.29, 0.717) is 11.1 Å². The van der Waals surface area contributed by atoms with Crippen molar-refractivity contribution in [2.45, 2.75) is 74.4 Å². The molecule has 4 aliphatic carbocycles. The Labute approximate surface area is 320 Å². The number of ketones is 4. The number of benzene rings is 4. The van der Waals surface area contributed by atoms with Crippen LogP contribution in [0.25, 0.3) is 0 Å². The third-order valence-corrected chi connectivity index (χ3v) is 12.7. The van der Waals surface area contributed by atoms with Gasteiger partial charge in [0.2, 0.25) is 0 Å². The number of phenolic OH excluding ortho intramolecular Hbond substituents is 2. The topological polar surface area (TPSA) is 202 Å². The Bertz CT molecular complexity index is 2310. The van der Waals surface area contributed by atoms with Crippen LogP contribution in [-0.2, 0) is 19.1 Å². The molecule has 8 rings (SSSR count). The zero-order valence-electron chi connectivity index (χ0n) is 31.0. The number of rotatable bonds is 5. The molecule has 4 N–H and O–H groups in total. The van der Waals surface area contributed by atoms with Crippen LogP contribution in [0.15, 0.2) is 60.7 Å². The lowest BCUT2D eigenvalue weighted by molar-refractivity contribution is -0.154. The number of carbonyl (C=O) groups excluding carboxylic acids is 6. The maximum atomic E-state index is 14.1. The summed E-state index contributed by atoms with van der Waals surface area (Å²) in [4.78, 5) is 83.5.